The highest BCUT2D eigenvalue weighted by Crippen LogP contribution is 2.14. The van der Waals surface area contributed by atoms with Gasteiger partial charge in [0.1, 0.15) is 11.5 Å². The minimum Gasteiger partial charge on any atom is -0.508 e. The van der Waals surface area contributed by atoms with Crippen LogP contribution in [0.3, 0.4) is 0 Å². The van der Waals surface area contributed by atoms with Gasteiger partial charge < -0.3 is 21.4 Å². The Labute approximate surface area is 83.5 Å². The van der Waals surface area contributed by atoms with Gasteiger partial charge in [-0.1, -0.05) is 6.07 Å². The number of rotatable bonds is 1. The summed E-state index contributed by atoms with van der Waals surface area (Å²) in [6.07, 6.45) is 1.22. The number of phenolic OH excluding ortho intramolecular Hbond substituents is 2. The van der Waals surface area contributed by atoms with Crippen LogP contribution in [0.4, 0.5) is 0 Å². The van der Waals surface area contributed by atoms with Gasteiger partial charge in [0.05, 0.1) is 0 Å². The Kier molecular flexibility index (Phi) is 4.66. The van der Waals surface area contributed by atoms with Crippen molar-refractivity contribution in [1.82, 2.24) is 0 Å². The first-order valence-electron chi connectivity index (χ1n) is 4.13. The van der Waals surface area contributed by atoms with Crippen LogP contribution in [-0.2, 0) is 0 Å². The third kappa shape index (κ3) is 7.12. The van der Waals surface area contributed by atoms with Crippen LogP contribution < -0.4 is 5.73 Å². The number of hydrogen-bond acceptors (Lipinski definition) is 4. The quantitative estimate of drug-likeness (QED) is 0.513. The first kappa shape index (κ1) is 12.4. The second-order valence-corrected chi connectivity index (χ2v) is 3.49. The van der Waals surface area contributed by atoms with E-state index in [0.29, 0.717) is 0 Å². The van der Waals surface area contributed by atoms with Crippen LogP contribution in [0.15, 0.2) is 24.3 Å². The number of phenols is 2. The van der Waals surface area contributed by atoms with Gasteiger partial charge in [0.25, 0.3) is 0 Å². The Morgan fingerprint density at radius 2 is 1.64 bits per heavy atom. The van der Waals surface area contributed by atoms with E-state index in [0.717, 1.165) is 0 Å². The lowest BCUT2D eigenvalue weighted by Gasteiger charge is -2.07. The molecule has 0 aliphatic heterocycles. The predicted molar refractivity (Wildman–Crippen MR) is 56.8 cm³/mol. The van der Waals surface area contributed by atoms with Gasteiger partial charge in [-0.3, -0.25) is 0 Å². The second-order valence-electron chi connectivity index (χ2n) is 3.49. The zero-order valence-corrected chi connectivity index (χ0v) is 8.36. The third-order valence-corrected chi connectivity index (χ3v) is 1.20. The molecule has 14 heavy (non-hydrogen) atoms. The number of hydrogen-bond donors (Lipinski definition) is 4. The molecule has 5 N–H and O–H groups in total. The summed E-state index contributed by atoms with van der Waals surface area (Å²) in [5.41, 5.74) is 4.87. The number of benzene rings is 1. The monoisotopic (exact) mass is 196 g/mol. The molecule has 0 bridgehead atoms. The fourth-order valence-corrected chi connectivity index (χ4v) is 0.493. The predicted octanol–water partition coefficient (Wildman–Crippen LogP) is 1.47. The molecule has 0 saturated carbocycles. The molecule has 1 aromatic rings. The average molecular weight is 196 g/mol. The van der Waals surface area contributed by atoms with Crippen LogP contribution >= 0.6 is 0 Å². The molecule has 0 atom stereocenters. The second kappa shape index (κ2) is 5.24. The van der Waals surface area contributed by atoms with Crippen molar-refractivity contribution in [2.45, 2.75) is 19.4 Å². The van der Waals surface area contributed by atoms with Crippen LogP contribution in [0.2, 0.25) is 0 Å². The van der Waals surface area contributed by atoms with Crippen molar-refractivity contribution in [2.75, 3.05) is 0 Å². The Balaban J connectivity index is 0.000000255. The summed E-state index contributed by atoms with van der Waals surface area (Å²) in [7, 11) is 0. The Bertz CT molecular complexity index is 275. The lowest BCUT2D eigenvalue weighted by Crippen LogP contribution is -2.32. The van der Waals surface area contributed by atoms with E-state index in [4.69, 9.17) is 21.4 Å². The van der Waals surface area contributed by atoms with Gasteiger partial charge in [-0.25, -0.2) is 0 Å². The molecule has 0 saturated heterocycles. The van der Waals surface area contributed by atoms with Gasteiger partial charge in [-0.05, 0) is 26.0 Å². The highest BCUT2D eigenvalue weighted by molar-refractivity contribution is 5.64. The minimum absolute atomic E-state index is 0.0880. The summed E-state index contributed by atoms with van der Waals surface area (Å²) in [6.45, 7) is 3.56. The van der Waals surface area contributed by atoms with Crippen molar-refractivity contribution >= 4 is 6.21 Å². The molecule has 0 aromatic heterocycles. The van der Waals surface area contributed by atoms with E-state index in [1.54, 1.807) is 19.9 Å². The van der Waals surface area contributed by atoms with Crippen molar-refractivity contribution < 1.29 is 10.2 Å². The molecule has 0 radical (unpaired) electrons. The summed E-state index contributed by atoms with van der Waals surface area (Å²) < 4.78 is 0. The lowest BCUT2D eigenvalue weighted by molar-refractivity contribution is 0.450. The summed E-state index contributed by atoms with van der Waals surface area (Å²) >= 11 is 0. The van der Waals surface area contributed by atoms with Crippen LogP contribution in [0.5, 0.6) is 11.5 Å². The first-order valence-corrected chi connectivity index (χ1v) is 4.13. The third-order valence-electron chi connectivity index (χ3n) is 1.20. The molecule has 0 amide bonds. The van der Waals surface area contributed by atoms with E-state index >= 15 is 0 Å². The zero-order chi connectivity index (χ0) is 11.2. The lowest BCUT2D eigenvalue weighted by atomic mass is 10.1. The van der Waals surface area contributed by atoms with Gasteiger partial charge in [0.2, 0.25) is 0 Å². The van der Waals surface area contributed by atoms with Crippen LogP contribution in [0.1, 0.15) is 13.8 Å². The fraction of sp³-hybridized carbons (Fsp3) is 0.300. The maximum Gasteiger partial charge on any atom is 0.119 e. The van der Waals surface area contributed by atoms with Gasteiger partial charge >= 0.3 is 0 Å². The molecule has 1 rings (SSSR count). The van der Waals surface area contributed by atoms with Crippen molar-refractivity contribution in [3.05, 3.63) is 24.3 Å². The summed E-state index contributed by atoms with van der Waals surface area (Å²) in [6, 6.07) is 5.85. The number of nitrogens with one attached hydrogen (secondary N) is 1. The molecular weight excluding hydrogens is 180 g/mol. The Hall–Kier alpha value is -1.55. The molecule has 4 heteroatoms. The SMILES string of the molecule is CC(C)(N)C=N.Oc1cccc(O)c1. The topological polar surface area (TPSA) is 90.3 Å². The smallest absolute Gasteiger partial charge is 0.119 e. The standard InChI is InChI=1S/C6H6O2.C4H10N2/c7-5-2-1-3-6(8)4-5;1-4(2,6)3-5/h1-4,7-8H;3,5H,6H2,1-2H3. The highest BCUT2D eigenvalue weighted by atomic mass is 16.3. The molecule has 1 aromatic carbocycles. The zero-order valence-electron chi connectivity index (χ0n) is 8.36. The van der Waals surface area contributed by atoms with E-state index in [9.17, 15) is 0 Å². The summed E-state index contributed by atoms with van der Waals surface area (Å²) in [4.78, 5) is 0. The van der Waals surface area contributed by atoms with E-state index in [1.807, 2.05) is 0 Å². The maximum atomic E-state index is 8.65. The van der Waals surface area contributed by atoms with E-state index in [-0.39, 0.29) is 11.5 Å². The van der Waals surface area contributed by atoms with Crippen LogP contribution in [0.25, 0.3) is 0 Å². The van der Waals surface area contributed by atoms with Crippen LogP contribution in [0, 0.1) is 5.41 Å². The molecular formula is C10H16N2O2. The van der Waals surface area contributed by atoms with Crippen molar-refractivity contribution in [2.24, 2.45) is 5.73 Å². The molecule has 0 unspecified atom stereocenters. The molecule has 4 nitrogen and oxygen atoms in total. The van der Waals surface area contributed by atoms with E-state index < -0.39 is 5.54 Å². The van der Waals surface area contributed by atoms with Gasteiger partial charge in [0.15, 0.2) is 0 Å². The Morgan fingerprint density at radius 1 is 1.29 bits per heavy atom. The molecule has 0 aliphatic carbocycles. The molecule has 0 aliphatic rings. The fourth-order valence-electron chi connectivity index (χ4n) is 0.493. The maximum absolute atomic E-state index is 8.65. The largest absolute Gasteiger partial charge is 0.508 e. The van der Waals surface area contributed by atoms with Crippen LogP contribution in [-0.4, -0.2) is 22.0 Å². The number of aromatic hydroxyl groups is 2. The summed E-state index contributed by atoms with van der Waals surface area (Å²) in [5.74, 6) is 0.176. The van der Waals surface area contributed by atoms with Gasteiger partial charge in [0, 0.05) is 17.8 Å². The molecule has 0 fully saturated rings. The van der Waals surface area contributed by atoms with Crippen molar-refractivity contribution in [3.8, 4) is 11.5 Å². The molecule has 78 valence electrons. The van der Waals surface area contributed by atoms with Gasteiger partial charge in [-0.2, -0.15) is 0 Å². The van der Waals surface area contributed by atoms with Crippen molar-refractivity contribution in [3.63, 3.8) is 0 Å². The molecule has 0 spiro atoms. The van der Waals surface area contributed by atoms with Crippen molar-refractivity contribution in [1.29, 1.82) is 5.41 Å². The van der Waals surface area contributed by atoms with Gasteiger partial charge in [-0.15, -0.1) is 0 Å². The van der Waals surface area contributed by atoms with E-state index in [1.165, 1.54) is 24.4 Å². The minimum atomic E-state index is -0.417. The Morgan fingerprint density at radius 3 is 1.79 bits per heavy atom. The summed E-state index contributed by atoms with van der Waals surface area (Å²) in [5, 5.41) is 23.9. The molecule has 0 heterocycles. The average Bonchev–Trinajstić information content (AvgIpc) is 2.03. The number of nitrogens with two attached hydrogens (primary N) is 1. The first-order chi connectivity index (χ1) is 6.35. The normalized spacial score (nSPS) is 9.93. The highest BCUT2D eigenvalue weighted by Gasteiger charge is 2.01. The van der Waals surface area contributed by atoms with E-state index in [2.05, 4.69) is 0 Å².